The van der Waals surface area contributed by atoms with E-state index in [9.17, 15) is 34.8 Å². The number of fused-ring (bicyclic) bond motifs is 1. The number of sulfonamides is 1. The number of para-hydroxylation sites is 1. The van der Waals surface area contributed by atoms with Crippen molar-refractivity contribution in [3.05, 3.63) is 54.1 Å². The van der Waals surface area contributed by atoms with Crippen molar-refractivity contribution in [2.45, 2.75) is 69.2 Å². The number of carbonyl (C=O) groups is 1. The molecule has 4 rings (SSSR count). The second kappa shape index (κ2) is 14.2. The molecule has 2 aromatic carbocycles. The van der Waals surface area contributed by atoms with Gasteiger partial charge in [-0.05, 0) is 82.6 Å². The van der Waals surface area contributed by atoms with Crippen LogP contribution in [0.5, 0.6) is 0 Å². The van der Waals surface area contributed by atoms with Crippen molar-refractivity contribution < 1.29 is 44.7 Å². The summed E-state index contributed by atoms with van der Waals surface area (Å²) in [6, 6.07) is 12.1. The molecule has 0 saturated heterocycles. The van der Waals surface area contributed by atoms with Crippen LogP contribution in [-0.2, 0) is 21.0 Å². The van der Waals surface area contributed by atoms with E-state index in [1.165, 1.54) is 12.1 Å². The Bertz CT molecular complexity index is 1570. The van der Waals surface area contributed by atoms with Crippen molar-refractivity contribution in [1.29, 1.82) is 0 Å². The first kappa shape index (κ1) is 35.8. The van der Waals surface area contributed by atoms with E-state index in [0.29, 0.717) is 18.4 Å². The van der Waals surface area contributed by atoms with Gasteiger partial charge in [-0.3, -0.25) is 0 Å². The molecule has 1 heterocycles. The average molecular weight is 664 g/mol. The highest BCUT2D eigenvalue weighted by molar-refractivity contribution is 7.89. The number of hydrogen-bond donors (Lipinski definition) is 4. The zero-order valence-corrected chi connectivity index (χ0v) is 25.6. The maximum Gasteiger partial charge on any atom is 0.490 e. The van der Waals surface area contributed by atoms with E-state index in [1.807, 2.05) is 24.3 Å². The highest BCUT2D eigenvalue weighted by atomic mass is 32.2. The molecule has 4 N–H and O–H groups in total. The zero-order chi connectivity index (χ0) is 33.6. The minimum Gasteiger partial charge on any atom is -0.475 e. The Morgan fingerprint density at radius 2 is 1.40 bits per heavy atom. The summed E-state index contributed by atoms with van der Waals surface area (Å²) in [5, 5.41) is 14.9. The zero-order valence-electron chi connectivity index (χ0n) is 24.8. The monoisotopic (exact) mass is 663 g/mol. The molecular weight excluding hydrogens is 628 g/mol. The fraction of sp³-hybridized carbons (Fsp3) is 0.483. The van der Waals surface area contributed by atoms with Crippen LogP contribution in [0, 0.1) is 11.8 Å². The topological polar surface area (TPSA) is 133 Å². The Balaban J connectivity index is 0.000000707. The van der Waals surface area contributed by atoms with Crippen molar-refractivity contribution >= 4 is 38.7 Å². The molecule has 1 aromatic heterocycles. The Morgan fingerprint density at radius 1 is 0.867 bits per heavy atom. The van der Waals surface area contributed by atoms with Gasteiger partial charge in [0, 0.05) is 24.0 Å². The fourth-order valence-corrected chi connectivity index (χ4v) is 6.06. The second-order valence-electron chi connectivity index (χ2n) is 11.7. The van der Waals surface area contributed by atoms with Gasteiger partial charge in [0.05, 0.1) is 16.0 Å². The first-order valence-electron chi connectivity index (χ1n) is 14.0. The Kier molecular flexibility index (Phi) is 11.3. The van der Waals surface area contributed by atoms with E-state index in [2.05, 4.69) is 41.1 Å². The number of halogens is 6. The lowest BCUT2D eigenvalue weighted by molar-refractivity contribution is -0.192. The lowest BCUT2D eigenvalue weighted by atomic mass is 9.82. The van der Waals surface area contributed by atoms with Gasteiger partial charge in [0.2, 0.25) is 16.0 Å². The van der Waals surface area contributed by atoms with E-state index in [-0.39, 0.29) is 18.0 Å². The smallest absolute Gasteiger partial charge is 0.475 e. The predicted octanol–water partition coefficient (Wildman–Crippen LogP) is 6.69. The molecule has 1 fully saturated rings. The number of aliphatic carboxylic acids is 1. The summed E-state index contributed by atoms with van der Waals surface area (Å²) in [6.07, 6.45) is -6.51. The highest BCUT2D eigenvalue weighted by Crippen LogP contribution is 2.34. The average Bonchev–Trinajstić information content (AvgIpc) is 2.94. The summed E-state index contributed by atoms with van der Waals surface area (Å²) in [5.41, 5.74) is -0.470. The van der Waals surface area contributed by atoms with Gasteiger partial charge >= 0.3 is 18.3 Å². The number of hydrogen-bond acceptors (Lipinski definition) is 7. The van der Waals surface area contributed by atoms with Crippen molar-refractivity contribution in [2.75, 3.05) is 23.7 Å². The molecule has 9 nitrogen and oxygen atoms in total. The first-order chi connectivity index (χ1) is 20.8. The molecule has 1 saturated carbocycles. The number of rotatable bonds is 8. The molecule has 0 amide bonds. The third-order valence-electron chi connectivity index (χ3n) is 6.90. The van der Waals surface area contributed by atoms with Crippen LogP contribution in [0.2, 0.25) is 0 Å². The number of carboxylic acid groups (broad SMARTS) is 1. The van der Waals surface area contributed by atoms with Crippen LogP contribution in [0.3, 0.4) is 0 Å². The van der Waals surface area contributed by atoms with E-state index >= 15 is 0 Å². The summed E-state index contributed by atoms with van der Waals surface area (Å²) in [5.74, 6) is -1.00. The molecule has 0 atom stereocenters. The summed E-state index contributed by atoms with van der Waals surface area (Å²) in [7, 11) is -4.27. The Hall–Kier alpha value is -3.66. The number of anilines is 2. The molecule has 16 heteroatoms. The second-order valence-corrected chi connectivity index (χ2v) is 13.4. The molecule has 0 bridgehead atoms. The number of nitrogens with zero attached hydrogens (tertiary/aromatic N) is 2. The van der Waals surface area contributed by atoms with Gasteiger partial charge < -0.3 is 15.7 Å². The van der Waals surface area contributed by atoms with E-state index < -0.39 is 38.8 Å². The normalized spacial score (nSPS) is 17.7. The molecule has 0 radical (unpaired) electrons. The quantitative estimate of drug-likeness (QED) is 0.196. The van der Waals surface area contributed by atoms with Crippen LogP contribution < -0.4 is 15.4 Å². The van der Waals surface area contributed by atoms with Gasteiger partial charge in [-0.2, -0.15) is 31.3 Å². The number of carboxylic acids is 1. The van der Waals surface area contributed by atoms with Crippen LogP contribution in [0.1, 0.15) is 52.0 Å². The lowest BCUT2D eigenvalue weighted by Gasteiger charge is -2.29. The van der Waals surface area contributed by atoms with E-state index in [0.717, 1.165) is 54.5 Å². The number of benzene rings is 2. The predicted molar refractivity (Wildman–Crippen MR) is 157 cm³/mol. The van der Waals surface area contributed by atoms with Crippen LogP contribution >= 0.6 is 0 Å². The minimum absolute atomic E-state index is 0.0681. The Morgan fingerprint density at radius 3 is 1.96 bits per heavy atom. The molecule has 0 unspecified atom stereocenters. The van der Waals surface area contributed by atoms with E-state index in [1.54, 1.807) is 0 Å². The van der Waals surface area contributed by atoms with Crippen molar-refractivity contribution in [1.82, 2.24) is 14.7 Å². The van der Waals surface area contributed by atoms with Gasteiger partial charge in [0.25, 0.3) is 0 Å². The highest BCUT2D eigenvalue weighted by Gasteiger charge is 2.38. The SMILES string of the molecule is CC(C)(C)Nc1nc(NCC2CCC(CNS(=O)(=O)c3ccccc3C(F)(F)F)CC2)nc2ccccc12.O=C(O)C(F)(F)F. The third kappa shape index (κ3) is 10.7. The number of alkyl halides is 6. The van der Waals surface area contributed by atoms with Gasteiger partial charge in [0.1, 0.15) is 5.82 Å². The summed E-state index contributed by atoms with van der Waals surface area (Å²) in [6.45, 7) is 7.02. The van der Waals surface area contributed by atoms with Gasteiger partial charge in [-0.25, -0.2) is 22.9 Å². The number of aromatic nitrogens is 2. The molecule has 3 aromatic rings. The van der Waals surface area contributed by atoms with Crippen molar-refractivity contribution in [2.24, 2.45) is 11.8 Å². The third-order valence-corrected chi connectivity index (χ3v) is 8.38. The van der Waals surface area contributed by atoms with Crippen LogP contribution in [-0.4, -0.2) is 54.3 Å². The molecule has 1 aliphatic carbocycles. The molecule has 0 spiro atoms. The number of nitrogens with one attached hydrogen (secondary N) is 3. The van der Waals surface area contributed by atoms with Gasteiger partial charge in [-0.15, -0.1) is 0 Å². The fourth-order valence-electron chi connectivity index (χ4n) is 4.72. The van der Waals surface area contributed by atoms with Gasteiger partial charge in [0.15, 0.2) is 0 Å². The maximum absolute atomic E-state index is 13.3. The lowest BCUT2D eigenvalue weighted by Crippen LogP contribution is -2.33. The van der Waals surface area contributed by atoms with Crippen LogP contribution in [0.25, 0.3) is 10.9 Å². The summed E-state index contributed by atoms with van der Waals surface area (Å²) < 4.78 is 99.2. The summed E-state index contributed by atoms with van der Waals surface area (Å²) >= 11 is 0. The van der Waals surface area contributed by atoms with Crippen LogP contribution in [0.15, 0.2) is 53.4 Å². The first-order valence-corrected chi connectivity index (χ1v) is 15.5. The maximum atomic E-state index is 13.3. The van der Waals surface area contributed by atoms with Crippen LogP contribution in [0.4, 0.5) is 38.1 Å². The molecule has 45 heavy (non-hydrogen) atoms. The molecule has 248 valence electrons. The minimum atomic E-state index is -5.08. The van der Waals surface area contributed by atoms with Gasteiger partial charge in [-0.1, -0.05) is 24.3 Å². The molecule has 1 aliphatic rings. The van der Waals surface area contributed by atoms with E-state index in [4.69, 9.17) is 14.9 Å². The van der Waals surface area contributed by atoms with Crippen molar-refractivity contribution in [3.63, 3.8) is 0 Å². The molecule has 0 aliphatic heterocycles. The summed E-state index contributed by atoms with van der Waals surface area (Å²) in [4.78, 5) is 17.5. The molecular formula is C29H35F6N5O4S. The Labute approximate surface area is 256 Å². The largest absolute Gasteiger partial charge is 0.490 e. The standard InChI is InChI=1S/C27H34F3N5O2S.C2HF3O2/c1-26(2,3)35-24-20-8-4-6-10-22(20)33-25(34-24)31-16-18-12-14-19(15-13-18)17-32-38(36,37)23-11-7-5-9-21(23)27(28,29)30;3-2(4,5)1(6)7/h4-11,18-19,32H,12-17H2,1-3H3,(H2,31,33,34,35);(H,6,7). The van der Waals surface area contributed by atoms with Crippen molar-refractivity contribution in [3.8, 4) is 0 Å².